The topological polar surface area (TPSA) is 23.5 Å². The maximum atomic E-state index is 11.3. The predicted molar refractivity (Wildman–Crippen MR) is 80.7 cm³/mol. The highest BCUT2D eigenvalue weighted by atomic mass is 16.5. The largest absolute Gasteiger partial charge is 0.313 e. The van der Waals surface area contributed by atoms with Crippen LogP contribution in [0.2, 0.25) is 0 Å². The molecule has 1 saturated heterocycles. The maximum Gasteiger partial charge on any atom is 0.0500 e. The van der Waals surface area contributed by atoms with Gasteiger partial charge in [-0.15, -0.1) is 0 Å². The Morgan fingerprint density at radius 3 is 1.90 bits per heavy atom. The molecule has 1 aliphatic heterocycles. The van der Waals surface area contributed by atoms with E-state index in [1.54, 1.807) is 0 Å². The lowest BCUT2D eigenvalue weighted by Gasteiger charge is -2.48. The van der Waals surface area contributed by atoms with E-state index in [1.165, 1.54) is 83.5 Å². The SMILES string of the molecule is CC1(C2CC3(CCCCC3)N(O)C23CCCCC3)CC1. The second kappa shape index (κ2) is 4.46. The molecule has 1 unspecified atom stereocenters. The number of hydroxylamine groups is 2. The molecule has 3 aliphatic carbocycles. The maximum absolute atomic E-state index is 11.3. The van der Waals surface area contributed by atoms with E-state index in [2.05, 4.69) is 6.92 Å². The van der Waals surface area contributed by atoms with E-state index < -0.39 is 0 Å². The van der Waals surface area contributed by atoms with Crippen molar-refractivity contribution in [1.29, 1.82) is 0 Å². The minimum absolute atomic E-state index is 0.154. The molecule has 0 aromatic rings. The van der Waals surface area contributed by atoms with Crippen molar-refractivity contribution in [3.05, 3.63) is 0 Å². The van der Waals surface area contributed by atoms with Gasteiger partial charge in [0.15, 0.2) is 0 Å². The van der Waals surface area contributed by atoms with Gasteiger partial charge in [-0.1, -0.05) is 45.4 Å². The third kappa shape index (κ3) is 1.76. The van der Waals surface area contributed by atoms with Crippen LogP contribution in [0, 0.1) is 11.3 Å². The summed E-state index contributed by atoms with van der Waals surface area (Å²) in [4.78, 5) is 0. The Morgan fingerprint density at radius 1 is 0.800 bits per heavy atom. The summed E-state index contributed by atoms with van der Waals surface area (Å²) in [6.07, 6.45) is 17.2. The Hall–Kier alpha value is -0.0800. The summed E-state index contributed by atoms with van der Waals surface area (Å²) in [7, 11) is 0. The van der Waals surface area contributed by atoms with Crippen LogP contribution in [0.25, 0.3) is 0 Å². The molecular weight excluding hydrogens is 246 g/mol. The van der Waals surface area contributed by atoms with E-state index >= 15 is 0 Å². The van der Waals surface area contributed by atoms with Crippen molar-refractivity contribution in [2.24, 2.45) is 11.3 Å². The molecule has 4 rings (SSSR count). The molecule has 114 valence electrons. The van der Waals surface area contributed by atoms with Crippen LogP contribution in [-0.2, 0) is 0 Å². The summed E-state index contributed by atoms with van der Waals surface area (Å²) in [5.41, 5.74) is 0.867. The van der Waals surface area contributed by atoms with E-state index in [0.717, 1.165) is 5.92 Å². The van der Waals surface area contributed by atoms with Crippen LogP contribution in [0.3, 0.4) is 0 Å². The highest BCUT2D eigenvalue weighted by Gasteiger charge is 2.66. The summed E-state index contributed by atoms with van der Waals surface area (Å²) in [6.45, 7) is 2.50. The van der Waals surface area contributed by atoms with Crippen LogP contribution in [0.5, 0.6) is 0 Å². The fourth-order valence-electron chi connectivity index (χ4n) is 6.07. The highest BCUT2D eigenvalue weighted by Crippen LogP contribution is 2.66. The molecule has 1 atom stereocenters. The van der Waals surface area contributed by atoms with Crippen LogP contribution < -0.4 is 0 Å². The molecule has 1 heterocycles. The first-order chi connectivity index (χ1) is 9.62. The molecule has 20 heavy (non-hydrogen) atoms. The molecular formula is C18H31NO. The molecule has 4 aliphatic rings. The fraction of sp³-hybridized carbons (Fsp3) is 1.00. The van der Waals surface area contributed by atoms with Gasteiger partial charge in [0, 0.05) is 5.54 Å². The summed E-state index contributed by atoms with van der Waals surface area (Å²) in [6, 6.07) is 0. The zero-order chi connectivity index (χ0) is 13.8. The number of hydrogen-bond donors (Lipinski definition) is 1. The summed E-state index contributed by atoms with van der Waals surface area (Å²) in [5.74, 6) is 0.762. The van der Waals surface area contributed by atoms with E-state index in [1.807, 2.05) is 5.06 Å². The average molecular weight is 277 g/mol. The summed E-state index contributed by atoms with van der Waals surface area (Å²) in [5, 5.41) is 13.3. The number of nitrogens with zero attached hydrogens (tertiary/aromatic N) is 1. The molecule has 0 aromatic carbocycles. The van der Waals surface area contributed by atoms with Gasteiger partial charge in [0.25, 0.3) is 0 Å². The Bertz CT molecular complexity index is 375. The molecule has 4 fully saturated rings. The smallest absolute Gasteiger partial charge is 0.0500 e. The minimum Gasteiger partial charge on any atom is -0.313 e. The third-order valence-corrected chi connectivity index (χ3v) is 7.49. The molecule has 2 nitrogen and oxygen atoms in total. The predicted octanol–water partition coefficient (Wildman–Crippen LogP) is 4.90. The zero-order valence-electron chi connectivity index (χ0n) is 13.2. The van der Waals surface area contributed by atoms with Crippen LogP contribution in [0.1, 0.15) is 90.4 Å². The number of rotatable bonds is 1. The monoisotopic (exact) mass is 277 g/mol. The van der Waals surface area contributed by atoms with Crippen molar-refractivity contribution in [2.75, 3.05) is 0 Å². The van der Waals surface area contributed by atoms with Gasteiger partial charge in [-0.25, -0.2) is 0 Å². The first kappa shape index (κ1) is 13.6. The molecule has 0 amide bonds. The van der Waals surface area contributed by atoms with Gasteiger partial charge >= 0.3 is 0 Å². The molecule has 2 spiro atoms. The van der Waals surface area contributed by atoms with Gasteiger partial charge in [0.1, 0.15) is 0 Å². The van der Waals surface area contributed by atoms with Gasteiger partial charge < -0.3 is 5.21 Å². The molecule has 3 saturated carbocycles. The number of hydrogen-bond acceptors (Lipinski definition) is 2. The Morgan fingerprint density at radius 2 is 1.35 bits per heavy atom. The summed E-state index contributed by atoms with van der Waals surface area (Å²) >= 11 is 0. The van der Waals surface area contributed by atoms with Gasteiger partial charge in [-0.3, -0.25) is 0 Å². The quantitative estimate of drug-likeness (QED) is 0.736. The van der Waals surface area contributed by atoms with Crippen molar-refractivity contribution in [2.45, 2.75) is 101 Å². The normalized spacial score (nSPS) is 38.4. The fourth-order valence-corrected chi connectivity index (χ4v) is 6.07. The van der Waals surface area contributed by atoms with Gasteiger partial charge in [0.05, 0.1) is 5.54 Å². The molecule has 1 N–H and O–H groups in total. The van der Waals surface area contributed by atoms with Crippen LogP contribution in [0.4, 0.5) is 0 Å². The van der Waals surface area contributed by atoms with Crippen molar-refractivity contribution < 1.29 is 5.21 Å². The second-order valence-corrected chi connectivity index (χ2v) is 8.67. The molecule has 0 aromatic heterocycles. The van der Waals surface area contributed by atoms with Crippen LogP contribution in [0.15, 0.2) is 0 Å². The van der Waals surface area contributed by atoms with Crippen molar-refractivity contribution in [3.63, 3.8) is 0 Å². The standard InChI is InChI=1S/C18H31NO/c1-16(12-13-16)15-14-17(8-4-2-5-9-17)19(20)18(15)10-6-3-7-11-18/h15,20H,2-14H2,1H3. The van der Waals surface area contributed by atoms with Crippen LogP contribution >= 0.6 is 0 Å². The third-order valence-electron chi connectivity index (χ3n) is 7.49. The molecule has 0 radical (unpaired) electrons. The highest BCUT2D eigenvalue weighted by molar-refractivity contribution is 5.17. The van der Waals surface area contributed by atoms with E-state index in [4.69, 9.17) is 0 Å². The van der Waals surface area contributed by atoms with Crippen molar-refractivity contribution in [3.8, 4) is 0 Å². The van der Waals surface area contributed by atoms with Crippen LogP contribution in [-0.4, -0.2) is 21.3 Å². The average Bonchev–Trinajstić information content (AvgIpc) is 3.20. The Balaban J connectivity index is 1.70. The van der Waals surface area contributed by atoms with Crippen molar-refractivity contribution >= 4 is 0 Å². The minimum atomic E-state index is 0.154. The first-order valence-electron chi connectivity index (χ1n) is 9.11. The molecule has 2 heteroatoms. The van der Waals surface area contributed by atoms with E-state index in [9.17, 15) is 5.21 Å². The Labute approximate surface area is 123 Å². The zero-order valence-corrected chi connectivity index (χ0v) is 13.2. The lowest BCUT2D eigenvalue weighted by molar-refractivity contribution is -0.234. The van der Waals surface area contributed by atoms with Crippen molar-refractivity contribution in [1.82, 2.24) is 5.06 Å². The lowest BCUT2D eigenvalue weighted by Crippen LogP contribution is -2.55. The van der Waals surface area contributed by atoms with E-state index in [-0.39, 0.29) is 11.1 Å². The lowest BCUT2D eigenvalue weighted by atomic mass is 9.67. The second-order valence-electron chi connectivity index (χ2n) is 8.67. The first-order valence-corrected chi connectivity index (χ1v) is 9.11. The molecule has 0 bridgehead atoms. The summed E-state index contributed by atoms with van der Waals surface area (Å²) < 4.78 is 0. The van der Waals surface area contributed by atoms with Gasteiger partial charge in [-0.05, 0) is 56.3 Å². The van der Waals surface area contributed by atoms with Gasteiger partial charge in [-0.2, -0.15) is 5.06 Å². The van der Waals surface area contributed by atoms with E-state index in [0.29, 0.717) is 5.41 Å². The Kier molecular flexibility index (Phi) is 3.03. The van der Waals surface area contributed by atoms with Gasteiger partial charge in [0.2, 0.25) is 0 Å².